The summed E-state index contributed by atoms with van der Waals surface area (Å²) in [4.78, 5) is 12.1. The van der Waals surface area contributed by atoms with E-state index in [2.05, 4.69) is 17.2 Å². The third kappa shape index (κ3) is 4.85. The Balaban J connectivity index is 2.65. The summed E-state index contributed by atoms with van der Waals surface area (Å²) in [7, 11) is -3.59. The Hall–Kier alpha value is -1.40. The maximum Gasteiger partial charge on any atom is 0.262 e. The van der Waals surface area contributed by atoms with Gasteiger partial charge in [0.2, 0.25) is 10.0 Å². The first-order valence-corrected chi connectivity index (χ1v) is 7.49. The molecule has 18 heavy (non-hydrogen) atoms. The lowest BCUT2D eigenvalue weighted by Gasteiger charge is -2.02. The van der Waals surface area contributed by atoms with Crippen LogP contribution in [-0.4, -0.2) is 38.3 Å². The minimum absolute atomic E-state index is 0.0531. The number of hydrogen-bond donors (Lipinski definition) is 3. The van der Waals surface area contributed by atoms with Crippen LogP contribution in [0.3, 0.4) is 0 Å². The number of aliphatic hydroxyl groups is 1. The van der Waals surface area contributed by atoms with E-state index in [1.165, 1.54) is 11.3 Å². The van der Waals surface area contributed by atoms with Crippen molar-refractivity contribution in [1.82, 2.24) is 5.32 Å². The highest BCUT2D eigenvalue weighted by atomic mass is 32.2. The van der Waals surface area contributed by atoms with Gasteiger partial charge in [-0.15, -0.1) is 11.3 Å². The molecule has 98 valence electrons. The topological polar surface area (TPSA) is 109 Å². The van der Waals surface area contributed by atoms with Crippen molar-refractivity contribution in [3.8, 4) is 11.8 Å². The molecular formula is C10H12N2O4S2. The summed E-state index contributed by atoms with van der Waals surface area (Å²) in [5.41, 5.74) is 0.502. The summed E-state index contributed by atoms with van der Waals surface area (Å²) in [6.07, 6.45) is 0. The summed E-state index contributed by atoms with van der Waals surface area (Å²) in [5.74, 6) is 4.36. The van der Waals surface area contributed by atoms with Crippen LogP contribution in [0.4, 0.5) is 0 Å². The van der Waals surface area contributed by atoms with Gasteiger partial charge in [-0.05, 0) is 11.4 Å². The van der Waals surface area contributed by atoms with E-state index in [1.54, 1.807) is 11.4 Å². The largest absolute Gasteiger partial charge is 0.384 e. The van der Waals surface area contributed by atoms with E-state index in [9.17, 15) is 13.2 Å². The zero-order valence-corrected chi connectivity index (χ0v) is 11.0. The quantitative estimate of drug-likeness (QED) is 0.624. The predicted octanol–water partition coefficient (Wildman–Crippen LogP) is -0.890. The molecule has 0 saturated heterocycles. The van der Waals surface area contributed by atoms with Gasteiger partial charge in [0.25, 0.3) is 5.91 Å². The standard InChI is InChI=1S/C10H12N2O4S2/c11-18(15,16)7-4-12-10(14)9-8(2-1-5-13)3-6-17-9/h3,6,13H,4-5,7H2,(H,12,14)(H2,11,15,16). The first-order valence-electron chi connectivity index (χ1n) is 4.90. The molecule has 1 aromatic heterocycles. The van der Waals surface area contributed by atoms with Crippen molar-refractivity contribution in [2.45, 2.75) is 0 Å². The third-order valence-electron chi connectivity index (χ3n) is 1.85. The van der Waals surface area contributed by atoms with E-state index in [1.807, 2.05) is 0 Å². The Morgan fingerprint density at radius 3 is 2.89 bits per heavy atom. The Bertz CT molecular complexity index is 581. The molecule has 4 N–H and O–H groups in total. The van der Waals surface area contributed by atoms with Gasteiger partial charge in [-0.25, -0.2) is 13.6 Å². The summed E-state index contributed by atoms with van der Waals surface area (Å²) in [5, 5.41) is 17.5. The monoisotopic (exact) mass is 288 g/mol. The number of amides is 1. The van der Waals surface area contributed by atoms with Crippen LogP contribution in [0.25, 0.3) is 0 Å². The average Bonchev–Trinajstić information content (AvgIpc) is 2.72. The van der Waals surface area contributed by atoms with E-state index in [0.717, 1.165) is 0 Å². The molecule has 0 radical (unpaired) electrons. The molecule has 0 aliphatic rings. The van der Waals surface area contributed by atoms with Gasteiger partial charge in [0.05, 0.1) is 5.75 Å². The van der Waals surface area contributed by atoms with Crippen LogP contribution in [0.2, 0.25) is 0 Å². The second kappa shape index (κ2) is 6.51. The van der Waals surface area contributed by atoms with Crippen molar-refractivity contribution >= 4 is 27.3 Å². The van der Waals surface area contributed by atoms with E-state index < -0.39 is 15.9 Å². The van der Waals surface area contributed by atoms with E-state index in [0.29, 0.717) is 10.4 Å². The maximum absolute atomic E-state index is 11.7. The van der Waals surface area contributed by atoms with Crippen LogP contribution >= 0.6 is 11.3 Å². The van der Waals surface area contributed by atoms with Crippen molar-refractivity contribution in [2.24, 2.45) is 5.14 Å². The number of nitrogens with one attached hydrogen (secondary N) is 1. The van der Waals surface area contributed by atoms with E-state index in [4.69, 9.17) is 10.2 Å². The maximum atomic E-state index is 11.7. The molecule has 0 spiro atoms. The molecular weight excluding hydrogens is 276 g/mol. The fraction of sp³-hybridized carbons (Fsp3) is 0.300. The van der Waals surface area contributed by atoms with Crippen molar-refractivity contribution in [2.75, 3.05) is 18.9 Å². The van der Waals surface area contributed by atoms with Gasteiger partial charge in [-0.2, -0.15) is 0 Å². The van der Waals surface area contributed by atoms with Gasteiger partial charge in [0, 0.05) is 12.1 Å². The molecule has 1 rings (SSSR count). The summed E-state index contributed by atoms with van der Waals surface area (Å²) in [6, 6.07) is 1.65. The van der Waals surface area contributed by atoms with Gasteiger partial charge in [0.1, 0.15) is 11.5 Å². The molecule has 0 fully saturated rings. The second-order valence-electron chi connectivity index (χ2n) is 3.25. The number of aliphatic hydroxyl groups excluding tert-OH is 1. The van der Waals surface area contributed by atoms with Crippen molar-refractivity contribution in [1.29, 1.82) is 0 Å². The lowest BCUT2D eigenvalue weighted by atomic mass is 10.2. The fourth-order valence-electron chi connectivity index (χ4n) is 1.11. The molecule has 0 aromatic carbocycles. The second-order valence-corrected chi connectivity index (χ2v) is 5.90. The summed E-state index contributed by atoms with van der Waals surface area (Å²) in [6.45, 7) is -0.343. The van der Waals surface area contributed by atoms with Gasteiger partial charge >= 0.3 is 0 Å². The van der Waals surface area contributed by atoms with Crippen molar-refractivity contribution in [3.63, 3.8) is 0 Å². The SMILES string of the molecule is NS(=O)(=O)CCNC(=O)c1sccc1C#CCO. The summed E-state index contributed by atoms with van der Waals surface area (Å²) >= 11 is 1.19. The molecule has 0 atom stereocenters. The minimum Gasteiger partial charge on any atom is -0.384 e. The number of rotatable bonds is 4. The van der Waals surface area contributed by atoms with Crippen LogP contribution < -0.4 is 10.5 Å². The normalized spacial score (nSPS) is 10.6. The number of nitrogens with two attached hydrogens (primary N) is 1. The smallest absolute Gasteiger partial charge is 0.262 e. The highest BCUT2D eigenvalue weighted by Gasteiger charge is 2.12. The van der Waals surface area contributed by atoms with Gasteiger partial charge in [0.15, 0.2) is 0 Å². The Labute approximate surface area is 109 Å². The minimum atomic E-state index is -3.59. The molecule has 6 nitrogen and oxygen atoms in total. The molecule has 1 aromatic rings. The zero-order chi connectivity index (χ0) is 13.6. The van der Waals surface area contributed by atoms with Crippen molar-refractivity contribution < 1.29 is 18.3 Å². The number of carbonyl (C=O) groups excluding carboxylic acids is 1. The Kier molecular flexibility index (Phi) is 5.30. The van der Waals surface area contributed by atoms with Gasteiger partial charge < -0.3 is 10.4 Å². The van der Waals surface area contributed by atoms with Crippen LogP contribution in [0.15, 0.2) is 11.4 Å². The molecule has 0 bridgehead atoms. The molecule has 0 aliphatic carbocycles. The molecule has 0 saturated carbocycles. The molecule has 1 amide bonds. The van der Waals surface area contributed by atoms with E-state index >= 15 is 0 Å². The highest BCUT2D eigenvalue weighted by Crippen LogP contribution is 2.15. The number of thiophene rings is 1. The van der Waals surface area contributed by atoms with Crippen LogP contribution in [0, 0.1) is 11.8 Å². The van der Waals surface area contributed by atoms with Gasteiger partial charge in [-0.3, -0.25) is 4.79 Å². The van der Waals surface area contributed by atoms with Crippen LogP contribution in [-0.2, 0) is 10.0 Å². The van der Waals surface area contributed by atoms with Gasteiger partial charge in [-0.1, -0.05) is 11.8 Å². The fourth-order valence-corrected chi connectivity index (χ4v) is 2.26. The lowest BCUT2D eigenvalue weighted by molar-refractivity contribution is 0.0960. The first-order chi connectivity index (χ1) is 8.44. The lowest BCUT2D eigenvalue weighted by Crippen LogP contribution is -2.31. The summed E-state index contributed by atoms with van der Waals surface area (Å²) < 4.78 is 21.4. The third-order valence-corrected chi connectivity index (χ3v) is 3.53. The zero-order valence-electron chi connectivity index (χ0n) is 9.34. The molecule has 1 heterocycles. The number of primary sulfonamides is 1. The molecule has 0 aliphatic heterocycles. The predicted molar refractivity (Wildman–Crippen MR) is 68.6 cm³/mol. The average molecular weight is 288 g/mol. The number of carbonyl (C=O) groups is 1. The molecule has 0 unspecified atom stereocenters. The van der Waals surface area contributed by atoms with Crippen molar-refractivity contribution in [3.05, 3.63) is 21.9 Å². The van der Waals surface area contributed by atoms with E-state index in [-0.39, 0.29) is 18.9 Å². The number of hydrogen-bond acceptors (Lipinski definition) is 5. The Morgan fingerprint density at radius 1 is 1.56 bits per heavy atom. The first kappa shape index (κ1) is 14.7. The van der Waals surface area contributed by atoms with Crippen LogP contribution in [0.5, 0.6) is 0 Å². The Morgan fingerprint density at radius 2 is 2.28 bits per heavy atom. The van der Waals surface area contributed by atoms with Crippen LogP contribution in [0.1, 0.15) is 15.2 Å². The molecule has 8 heteroatoms. The number of sulfonamides is 1. The highest BCUT2D eigenvalue weighted by molar-refractivity contribution is 7.89.